The highest BCUT2D eigenvalue weighted by molar-refractivity contribution is 7.97. The van der Waals surface area contributed by atoms with Crippen LogP contribution in [-0.2, 0) is 23.4 Å². The summed E-state index contributed by atoms with van der Waals surface area (Å²) in [5, 5.41) is 2.33. The molecule has 1 aromatic heterocycles. The van der Waals surface area contributed by atoms with Crippen molar-refractivity contribution in [1.29, 1.82) is 0 Å². The summed E-state index contributed by atoms with van der Waals surface area (Å²) < 4.78 is 62.9. The third-order valence-electron chi connectivity index (χ3n) is 4.89. The van der Waals surface area contributed by atoms with E-state index in [1.807, 2.05) is 31.2 Å². The molecule has 192 valence electrons. The molecule has 0 fully saturated rings. The van der Waals surface area contributed by atoms with E-state index in [0.717, 1.165) is 17.7 Å². The lowest BCUT2D eigenvalue weighted by molar-refractivity contribution is 0.102. The number of hydrogen-bond acceptors (Lipinski definition) is 9. The minimum atomic E-state index is -4.24. The van der Waals surface area contributed by atoms with Crippen LogP contribution in [-0.4, -0.2) is 43.0 Å². The highest BCUT2D eigenvalue weighted by atomic mass is 32.2. The molecule has 3 aromatic rings. The largest absolute Gasteiger partial charge is 0.382 e. The van der Waals surface area contributed by atoms with E-state index >= 15 is 0 Å². The molecule has 3 N–H and O–H groups in total. The number of carbonyl (C=O) groups is 1. The van der Waals surface area contributed by atoms with Gasteiger partial charge in [0.2, 0.25) is 0 Å². The monoisotopic (exact) mass is 536 g/mol. The number of nitrogens with one attached hydrogen (secondary N) is 1. The Balaban J connectivity index is 1.83. The van der Waals surface area contributed by atoms with E-state index in [2.05, 4.69) is 15.3 Å². The van der Waals surface area contributed by atoms with Crippen LogP contribution in [0.15, 0.2) is 53.6 Å². The van der Waals surface area contributed by atoms with Gasteiger partial charge in [0.05, 0.1) is 35.7 Å². The Labute approximate surface area is 208 Å². The van der Waals surface area contributed by atoms with Gasteiger partial charge in [-0.3, -0.25) is 9.36 Å². The summed E-state index contributed by atoms with van der Waals surface area (Å²) in [5.41, 5.74) is 6.47. The Morgan fingerprint density at radius 3 is 2.33 bits per heavy atom. The molecule has 1 heterocycles. The van der Waals surface area contributed by atoms with Crippen molar-refractivity contribution in [3.05, 3.63) is 65.7 Å². The Morgan fingerprint density at radius 2 is 1.75 bits per heavy atom. The fraction of sp³-hybridized carbons (Fsp3) is 0.261. The fourth-order valence-electron chi connectivity index (χ4n) is 3.19. The third-order valence-corrected chi connectivity index (χ3v) is 9.79. The number of amides is 1. The number of sulfone groups is 1. The smallest absolute Gasteiger partial charge is 0.346 e. The van der Waals surface area contributed by atoms with E-state index in [9.17, 15) is 22.2 Å². The maximum absolute atomic E-state index is 14.8. The maximum atomic E-state index is 14.8. The van der Waals surface area contributed by atoms with Crippen LogP contribution in [0.1, 0.15) is 29.9 Å². The van der Waals surface area contributed by atoms with Gasteiger partial charge in [0, 0.05) is 5.56 Å². The Hall–Kier alpha value is -3.18. The third kappa shape index (κ3) is 6.52. The normalized spacial score (nSPS) is 11.9. The zero-order valence-electron chi connectivity index (χ0n) is 19.9. The SMILES string of the molecule is CCOP(=O)(CS(=O)(=O)c1ccc(NC(=O)c2nc(-c3ccc(C)cc3)cnc2N)c(F)c1)OCC. The van der Waals surface area contributed by atoms with Gasteiger partial charge in [0.15, 0.2) is 26.8 Å². The number of nitrogens with two attached hydrogens (primary N) is 1. The number of nitrogen functional groups attached to an aromatic ring is 1. The predicted molar refractivity (Wildman–Crippen MR) is 134 cm³/mol. The lowest BCUT2D eigenvalue weighted by atomic mass is 10.1. The van der Waals surface area contributed by atoms with E-state index in [-0.39, 0.29) is 30.4 Å². The number of carbonyl (C=O) groups excluding carboxylic acids is 1. The molecule has 0 atom stereocenters. The molecule has 2 aromatic carbocycles. The van der Waals surface area contributed by atoms with Crippen LogP contribution < -0.4 is 11.1 Å². The van der Waals surface area contributed by atoms with Crippen molar-refractivity contribution in [2.75, 3.05) is 29.8 Å². The van der Waals surface area contributed by atoms with Crippen molar-refractivity contribution in [3.8, 4) is 11.3 Å². The van der Waals surface area contributed by atoms with Crippen molar-refractivity contribution in [2.24, 2.45) is 0 Å². The molecular formula is C23H26FN4O6PS. The highest BCUT2D eigenvalue weighted by Gasteiger charge is 2.33. The lowest BCUT2D eigenvalue weighted by Gasteiger charge is -2.17. The van der Waals surface area contributed by atoms with E-state index in [4.69, 9.17) is 14.8 Å². The van der Waals surface area contributed by atoms with Crippen LogP contribution in [0.3, 0.4) is 0 Å². The predicted octanol–water partition coefficient (Wildman–Crippen LogP) is 4.42. The number of benzene rings is 2. The molecule has 3 rings (SSSR count). The molecule has 0 radical (unpaired) electrons. The number of aryl methyl sites for hydroxylation is 1. The topological polar surface area (TPSA) is 151 Å². The molecule has 0 aliphatic rings. The summed E-state index contributed by atoms with van der Waals surface area (Å²) in [6, 6.07) is 10.2. The van der Waals surface area contributed by atoms with Crippen LogP contribution in [0.4, 0.5) is 15.9 Å². The van der Waals surface area contributed by atoms with Crippen LogP contribution >= 0.6 is 7.60 Å². The van der Waals surface area contributed by atoms with Crippen molar-refractivity contribution in [3.63, 3.8) is 0 Å². The molecule has 0 aliphatic carbocycles. The van der Waals surface area contributed by atoms with Gasteiger partial charge in [-0.1, -0.05) is 29.8 Å². The van der Waals surface area contributed by atoms with Gasteiger partial charge in [-0.2, -0.15) is 0 Å². The van der Waals surface area contributed by atoms with Gasteiger partial charge in [-0.25, -0.2) is 22.8 Å². The summed E-state index contributed by atoms with van der Waals surface area (Å²) >= 11 is 0. The van der Waals surface area contributed by atoms with Gasteiger partial charge in [-0.05, 0) is 39.0 Å². The number of nitrogens with zero attached hydrogens (tertiary/aromatic N) is 2. The number of hydrogen-bond donors (Lipinski definition) is 2. The summed E-state index contributed by atoms with van der Waals surface area (Å²) in [6.45, 7) is 4.97. The molecule has 0 aliphatic heterocycles. The van der Waals surface area contributed by atoms with Crippen LogP contribution in [0.2, 0.25) is 0 Å². The zero-order valence-corrected chi connectivity index (χ0v) is 21.6. The first-order valence-corrected chi connectivity index (χ1v) is 14.3. The fourth-order valence-corrected chi connectivity index (χ4v) is 7.47. The van der Waals surface area contributed by atoms with E-state index in [1.54, 1.807) is 13.8 Å². The Morgan fingerprint density at radius 1 is 1.11 bits per heavy atom. The van der Waals surface area contributed by atoms with Gasteiger partial charge >= 0.3 is 7.60 Å². The van der Waals surface area contributed by atoms with Crippen molar-refractivity contribution >= 4 is 34.8 Å². The molecule has 0 saturated carbocycles. The van der Waals surface area contributed by atoms with Gasteiger partial charge in [0.25, 0.3) is 5.91 Å². The van der Waals surface area contributed by atoms with Crippen LogP contribution in [0, 0.1) is 12.7 Å². The molecule has 0 unspecified atom stereocenters. The molecule has 1 amide bonds. The Bertz CT molecular complexity index is 1410. The number of halogens is 1. The first-order valence-electron chi connectivity index (χ1n) is 10.9. The minimum Gasteiger partial charge on any atom is -0.382 e. The quantitative estimate of drug-likeness (QED) is 0.359. The van der Waals surface area contributed by atoms with E-state index < -0.39 is 39.5 Å². The van der Waals surface area contributed by atoms with Gasteiger partial charge in [0.1, 0.15) is 5.82 Å². The molecule has 10 nitrogen and oxygen atoms in total. The van der Waals surface area contributed by atoms with Gasteiger partial charge < -0.3 is 20.1 Å². The average Bonchev–Trinajstić information content (AvgIpc) is 2.81. The molecule has 13 heteroatoms. The first kappa shape index (κ1) is 27.4. The van der Waals surface area contributed by atoms with Crippen molar-refractivity contribution < 1.29 is 31.2 Å². The maximum Gasteiger partial charge on any atom is 0.346 e. The second-order valence-corrected chi connectivity index (χ2v) is 12.1. The van der Waals surface area contributed by atoms with Crippen molar-refractivity contribution in [1.82, 2.24) is 9.97 Å². The molecule has 0 saturated heterocycles. The minimum absolute atomic E-state index is 0.0245. The molecule has 36 heavy (non-hydrogen) atoms. The molecule has 0 bridgehead atoms. The van der Waals surface area contributed by atoms with Gasteiger partial charge in [-0.15, -0.1) is 0 Å². The zero-order chi connectivity index (χ0) is 26.5. The second kappa shape index (κ2) is 11.3. The summed E-state index contributed by atoms with van der Waals surface area (Å²) in [7, 11) is -8.18. The lowest BCUT2D eigenvalue weighted by Crippen LogP contribution is -2.18. The van der Waals surface area contributed by atoms with Crippen molar-refractivity contribution in [2.45, 2.75) is 25.7 Å². The number of anilines is 2. The summed E-state index contributed by atoms with van der Waals surface area (Å²) in [6.07, 6.45) is 1.42. The highest BCUT2D eigenvalue weighted by Crippen LogP contribution is 2.50. The summed E-state index contributed by atoms with van der Waals surface area (Å²) in [4.78, 5) is 20.6. The number of rotatable bonds is 10. The second-order valence-electron chi connectivity index (χ2n) is 7.64. The van der Waals surface area contributed by atoms with E-state index in [0.29, 0.717) is 17.3 Å². The molecular weight excluding hydrogens is 510 g/mol. The standard InChI is InChI=1S/C23H26FN4O6PS/c1-4-33-35(30,34-5-2)14-36(31,32)17-10-11-19(18(24)12-17)28-23(29)21-22(25)26-13-20(27-21)16-8-6-15(3)7-9-16/h6-13H,4-5,14H2,1-3H3,(H2,25,26)(H,28,29). The van der Waals surface area contributed by atoms with Crippen LogP contribution in [0.25, 0.3) is 11.3 Å². The first-order chi connectivity index (χ1) is 17.0. The summed E-state index contributed by atoms with van der Waals surface area (Å²) in [5.74, 6) is -2.03. The Kier molecular flexibility index (Phi) is 8.57. The number of aromatic nitrogens is 2. The van der Waals surface area contributed by atoms with Crippen LogP contribution in [0.5, 0.6) is 0 Å². The molecule has 0 spiro atoms. The van der Waals surface area contributed by atoms with E-state index in [1.165, 1.54) is 6.20 Å². The average molecular weight is 537 g/mol.